The molecule has 6 rings (SSSR count). The van der Waals surface area contributed by atoms with Crippen LogP contribution in [0.3, 0.4) is 0 Å². The van der Waals surface area contributed by atoms with E-state index >= 15 is 0 Å². The monoisotopic (exact) mass is 904 g/mol. The minimum atomic E-state index is 0. The van der Waals surface area contributed by atoms with Crippen LogP contribution in [0.2, 0.25) is 0 Å². The molecule has 40 heavy (non-hydrogen) atoms. The molecule has 0 saturated carbocycles. The maximum absolute atomic E-state index is 2.99. The second-order valence-corrected chi connectivity index (χ2v) is 16.4. The molecule has 0 nitrogen and oxygen atoms in total. The van der Waals surface area contributed by atoms with Gasteiger partial charge < -0.3 is 0 Å². The number of hydrogen-bond acceptors (Lipinski definition) is 0. The van der Waals surface area contributed by atoms with E-state index in [9.17, 15) is 0 Å². The van der Waals surface area contributed by atoms with Crippen LogP contribution in [0.15, 0.2) is 109 Å². The van der Waals surface area contributed by atoms with Crippen molar-refractivity contribution in [3.8, 4) is 0 Å². The molecule has 0 amide bonds. The first kappa shape index (κ1) is 40.8. The van der Waals surface area contributed by atoms with Gasteiger partial charge in [0.05, 0.1) is 0 Å². The number of rotatable bonds is 0. The molecule has 208 valence electrons. The Morgan fingerprint density at radius 3 is 1.18 bits per heavy atom. The van der Waals surface area contributed by atoms with Crippen LogP contribution in [0.1, 0.15) is 51.7 Å². The van der Waals surface area contributed by atoms with Gasteiger partial charge >= 0.3 is 82.0 Å². The molecule has 0 unspecified atom stereocenters. The zero-order valence-corrected chi connectivity index (χ0v) is 33.4. The predicted octanol–water partition coefficient (Wildman–Crippen LogP) is 10.7. The van der Waals surface area contributed by atoms with Gasteiger partial charge in [-0.15, -0.1) is 108 Å². The molecular weight excluding hydrogens is 860 g/mol. The Labute approximate surface area is 285 Å². The third-order valence-electron chi connectivity index (χ3n) is 4.97. The van der Waals surface area contributed by atoms with E-state index in [1.807, 2.05) is 24.3 Å². The molecule has 0 saturated heterocycles. The quantitative estimate of drug-likeness (QED) is 0.122. The fraction of sp³-hybridized carbons (Fsp3) is 0.222. The average Bonchev–Trinajstić information content (AvgIpc) is 3.70. The van der Waals surface area contributed by atoms with Crippen LogP contribution in [-0.2, 0) is 47.8 Å². The molecule has 0 heterocycles. The van der Waals surface area contributed by atoms with Crippen LogP contribution < -0.4 is 0 Å². The Kier molecular flexibility index (Phi) is 25.9. The minimum absolute atomic E-state index is 0. The van der Waals surface area contributed by atoms with Crippen molar-refractivity contribution in [3.63, 3.8) is 0 Å². The van der Waals surface area contributed by atoms with E-state index < -0.39 is 0 Å². The summed E-state index contributed by atoms with van der Waals surface area (Å²) in [7, 11) is 0. The van der Waals surface area contributed by atoms with E-state index in [1.54, 1.807) is 6.51 Å². The molecule has 0 bridgehead atoms. The molecule has 2 aliphatic rings. The maximum atomic E-state index is 2.99. The molecule has 0 atom stereocenters. The number of hydrogen-bond donors (Lipinski definition) is 0. The van der Waals surface area contributed by atoms with E-state index in [0.29, 0.717) is 0 Å². The van der Waals surface area contributed by atoms with Gasteiger partial charge in [0.15, 0.2) is 0 Å². The molecule has 0 aliphatic heterocycles. The van der Waals surface area contributed by atoms with Crippen molar-refractivity contribution in [2.45, 2.75) is 54.4 Å². The molecule has 2 aliphatic carbocycles. The normalized spacial score (nSPS) is 11.1. The molecule has 4 heteroatoms. The van der Waals surface area contributed by atoms with Crippen molar-refractivity contribution in [1.29, 1.82) is 0 Å². The summed E-state index contributed by atoms with van der Waals surface area (Å²) in [5.41, 5.74) is 2.74. The zero-order valence-electron chi connectivity index (χ0n) is 24.6. The first-order valence-electron chi connectivity index (χ1n) is 12.9. The van der Waals surface area contributed by atoms with Crippen LogP contribution in [0.25, 0.3) is 21.5 Å². The van der Waals surface area contributed by atoms with Gasteiger partial charge in [-0.25, -0.2) is 24.3 Å². The Bertz CT molecular complexity index is 1230. The average molecular weight is 903 g/mol. The molecule has 0 fully saturated rings. The van der Waals surface area contributed by atoms with Gasteiger partial charge in [0.2, 0.25) is 0 Å². The SMILES string of the molecule is C[C](C)=[Hf+2].C[C](C)=[Hf+2].Cc1c[cH-]c2ccccc12.Cc1c[cH-]c2ccccc12.Cl.Cl.[C-]1=CC=CC1.[C-]1=CC=CC1. The zero-order chi connectivity index (χ0) is 28.2. The second-order valence-electron chi connectivity index (χ2n) is 9.21. The Morgan fingerprint density at radius 1 is 0.625 bits per heavy atom. The number of benzene rings is 2. The van der Waals surface area contributed by atoms with Crippen molar-refractivity contribution in [3.05, 3.63) is 133 Å². The maximum Gasteiger partial charge on any atom is -0.0809 e. The summed E-state index contributed by atoms with van der Waals surface area (Å²) in [6, 6.07) is 25.5. The smallest absolute Gasteiger partial charge is 0.0809 e. The van der Waals surface area contributed by atoms with Gasteiger partial charge in [-0.05, 0) is 0 Å². The van der Waals surface area contributed by atoms with Crippen LogP contribution >= 0.6 is 24.8 Å². The van der Waals surface area contributed by atoms with Gasteiger partial charge in [0.25, 0.3) is 0 Å². The summed E-state index contributed by atoms with van der Waals surface area (Å²) in [5, 5.41) is 5.45. The molecule has 0 spiro atoms. The molecule has 0 N–H and O–H groups in total. The Hall–Kier alpha value is -1.32. The third-order valence-corrected chi connectivity index (χ3v) is 4.97. The largest absolute Gasteiger partial charge is 0.273 e. The van der Waals surface area contributed by atoms with Crippen LogP contribution in [-0.4, -0.2) is 6.51 Å². The number of aryl methyl sites for hydroxylation is 2. The summed E-state index contributed by atoms with van der Waals surface area (Å²) in [6.07, 6.45) is 20.0. The van der Waals surface area contributed by atoms with Crippen molar-refractivity contribution < 1.29 is 47.8 Å². The van der Waals surface area contributed by atoms with Crippen LogP contribution in [0, 0.1) is 26.0 Å². The van der Waals surface area contributed by atoms with Crippen LogP contribution in [0.5, 0.6) is 0 Å². The van der Waals surface area contributed by atoms with E-state index in [2.05, 4.69) is 139 Å². The fourth-order valence-corrected chi connectivity index (χ4v) is 3.29. The molecular formula is C36H42Cl2Hf2. The Morgan fingerprint density at radius 2 is 0.950 bits per heavy atom. The van der Waals surface area contributed by atoms with Crippen molar-refractivity contribution in [2.24, 2.45) is 0 Å². The van der Waals surface area contributed by atoms with Crippen molar-refractivity contribution in [2.75, 3.05) is 0 Å². The summed E-state index contributed by atoms with van der Waals surface area (Å²) < 4.78 is 3.11. The molecule has 0 aromatic heterocycles. The standard InChI is InChI=1S/2C10H9.2C5H5.2C3H6.2ClH.2Hf/c2*1-8-6-7-9-4-2-3-5-10(8)9;2*1-2-4-5-3-1;2*1-3-2;;;;/h2*2-7H,1H3;2*1-3H,4H2;2*1-2H3;2*1H;;/q4*-1;;;;;2*+2. The van der Waals surface area contributed by atoms with Crippen LogP contribution in [0.4, 0.5) is 0 Å². The first-order chi connectivity index (χ1) is 18.2. The predicted molar refractivity (Wildman–Crippen MR) is 179 cm³/mol. The van der Waals surface area contributed by atoms with Gasteiger partial charge in [0, 0.05) is 0 Å². The van der Waals surface area contributed by atoms with E-state index in [0.717, 1.165) is 12.8 Å². The second kappa shape index (κ2) is 25.4. The fourth-order valence-electron chi connectivity index (χ4n) is 3.29. The van der Waals surface area contributed by atoms with E-state index in [4.69, 9.17) is 0 Å². The number of allylic oxidation sites excluding steroid dienone is 8. The summed E-state index contributed by atoms with van der Waals surface area (Å²) >= 11 is 2.53. The van der Waals surface area contributed by atoms with E-state index in [-0.39, 0.29) is 24.8 Å². The van der Waals surface area contributed by atoms with Gasteiger partial charge in [0.1, 0.15) is 0 Å². The third kappa shape index (κ3) is 19.7. The topological polar surface area (TPSA) is 0 Å². The van der Waals surface area contributed by atoms with Gasteiger partial charge in [-0.2, -0.15) is 35.4 Å². The summed E-state index contributed by atoms with van der Waals surface area (Å²) in [6.45, 7) is 12.9. The number of halogens is 2. The van der Waals surface area contributed by atoms with Crippen molar-refractivity contribution in [1.82, 2.24) is 0 Å². The van der Waals surface area contributed by atoms with Gasteiger partial charge in [-0.1, -0.05) is 26.0 Å². The molecule has 0 radical (unpaired) electrons. The molecule has 4 aromatic carbocycles. The van der Waals surface area contributed by atoms with Gasteiger partial charge in [-0.3, -0.25) is 12.2 Å². The first-order valence-corrected chi connectivity index (χ1v) is 16.5. The Balaban J connectivity index is 0. The number of fused-ring (bicyclic) bond motifs is 2. The van der Waals surface area contributed by atoms with Crippen molar-refractivity contribution >= 4 is 52.9 Å². The summed E-state index contributed by atoms with van der Waals surface area (Å²) in [4.78, 5) is 0. The van der Waals surface area contributed by atoms with E-state index in [1.165, 1.54) is 80.5 Å². The molecule has 4 aromatic rings. The summed E-state index contributed by atoms with van der Waals surface area (Å²) in [5.74, 6) is 0. The minimum Gasteiger partial charge on any atom is -0.273 e.